The topological polar surface area (TPSA) is 58.4 Å². The fourth-order valence-corrected chi connectivity index (χ4v) is 2.15. The molecule has 0 spiro atoms. The summed E-state index contributed by atoms with van der Waals surface area (Å²) in [5.41, 5.74) is 1.85. The molecular weight excluding hydrogens is 254 g/mol. The van der Waals surface area contributed by atoms with Crippen LogP contribution in [0.2, 0.25) is 0 Å². The molecule has 0 aliphatic heterocycles. The number of hydrogen-bond donors (Lipinski definition) is 1. The number of aryl methyl sites for hydroxylation is 1. The number of nitrogens with zero attached hydrogens (tertiary/aromatic N) is 2. The molecule has 0 aliphatic rings. The fraction of sp³-hybridized carbons (Fsp3) is 0.600. The molecule has 0 radical (unpaired) electrons. The number of nitro groups is 1. The van der Waals surface area contributed by atoms with Gasteiger partial charge in [0, 0.05) is 23.7 Å². The number of hydrogen-bond acceptors (Lipinski definition) is 4. The Kier molecular flexibility index (Phi) is 6.10. The Bertz CT molecular complexity index is 460. The van der Waals surface area contributed by atoms with E-state index in [1.807, 2.05) is 19.1 Å². The molecule has 0 aliphatic carbocycles. The number of nitrogens with one attached hydrogen (secondary N) is 1. The molecule has 112 valence electrons. The van der Waals surface area contributed by atoms with Crippen molar-refractivity contribution in [1.82, 2.24) is 10.2 Å². The van der Waals surface area contributed by atoms with E-state index in [0.717, 1.165) is 18.5 Å². The van der Waals surface area contributed by atoms with Crippen LogP contribution in [-0.2, 0) is 0 Å². The van der Waals surface area contributed by atoms with Gasteiger partial charge in [-0.15, -0.1) is 0 Å². The zero-order chi connectivity index (χ0) is 15.3. The van der Waals surface area contributed by atoms with Crippen molar-refractivity contribution in [2.45, 2.75) is 39.3 Å². The maximum Gasteiger partial charge on any atom is 0.272 e. The molecule has 1 rings (SSSR count). The highest BCUT2D eigenvalue weighted by Crippen LogP contribution is 2.23. The lowest BCUT2D eigenvalue weighted by Gasteiger charge is -2.22. The van der Waals surface area contributed by atoms with E-state index in [9.17, 15) is 10.1 Å². The summed E-state index contributed by atoms with van der Waals surface area (Å²) < 4.78 is 0. The van der Waals surface area contributed by atoms with Gasteiger partial charge in [-0.1, -0.05) is 12.1 Å². The van der Waals surface area contributed by atoms with Crippen LogP contribution in [-0.4, -0.2) is 36.5 Å². The minimum absolute atomic E-state index is 0.103. The first-order chi connectivity index (χ1) is 9.31. The van der Waals surface area contributed by atoms with E-state index in [0.29, 0.717) is 11.6 Å². The molecule has 0 fully saturated rings. The molecule has 0 aromatic heterocycles. The van der Waals surface area contributed by atoms with Gasteiger partial charge >= 0.3 is 0 Å². The van der Waals surface area contributed by atoms with Gasteiger partial charge in [0.15, 0.2) is 0 Å². The first kappa shape index (κ1) is 16.6. The first-order valence-corrected chi connectivity index (χ1v) is 6.97. The molecule has 2 atom stereocenters. The largest absolute Gasteiger partial charge is 0.309 e. The van der Waals surface area contributed by atoms with Crippen molar-refractivity contribution >= 4 is 5.69 Å². The van der Waals surface area contributed by atoms with Crippen LogP contribution in [0.15, 0.2) is 18.2 Å². The molecular formula is C15H25N3O2. The normalized spacial score (nSPS) is 14.3. The van der Waals surface area contributed by atoms with Gasteiger partial charge in [0.05, 0.1) is 4.92 Å². The lowest BCUT2D eigenvalue weighted by atomic mass is 10.0. The smallest absolute Gasteiger partial charge is 0.272 e. The predicted octanol–water partition coefficient (Wildman–Crippen LogP) is 2.89. The Morgan fingerprint density at radius 3 is 2.55 bits per heavy atom. The third kappa shape index (κ3) is 4.90. The highest BCUT2D eigenvalue weighted by atomic mass is 16.6. The van der Waals surface area contributed by atoms with Crippen molar-refractivity contribution in [3.63, 3.8) is 0 Å². The maximum absolute atomic E-state index is 11.0. The van der Waals surface area contributed by atoms with E-state index >= 15 is 0 Å². The zero-order valence-corrected chi connectivity index (χ0v) is 13.0. The Labute approximate surface area is 121 Å². The molecule has 0 bridgehead atoms. The van der Waals surface area contributed by atoms with Crippen molar-refractivity contribution < 1.29 is 4.92 Å². The predicted molar refractivity (Wildman–Crippen MR) is 82.0 cm³/mol. The first-order valence-electron chi connectivity index (χ1n) is 6.97. The summed E-state index contributed by atoms with van der Waals surface area (Å²) in [5.74, 6) is 0. The van der Waals surface area contributed by atoms with E-state index in [2.05, 4.69) is 31.2 Å². The van der Waals surface area contributed by atoms with Crippen LogP contribution in [0, 0.1) is 17.0 Å². The third-order valence-electron chi connectivity index (χ3n) is 3.47. The molecule has 1 N–H and O–H groups in total. The van der Waals surface area contributed by atoms with Gasteiger partial charge < -0.3 is 10.2 Å². The Morgan fingerprint density at radius 1 is 1.35 bits per heavy atom. The summed E-state index contributed by atoms with van der Waals surface area (Å²) in [5, 5.41) is 14.5. The van der Waals surface area contributed by atoms with Crippen LogP contribution >= 0.6 is 0 Å². The van der Waals surface area contributed by atoms with Gasteiger partial charge in [-0.2, -0.15) is 0 Å². The quantitative estimate of drug-likeness (QED) is 0.616. The fourth-order valence-electron chi connectivity index (χ4n) is 2.15. The number of nitro benzene ring substituents is 1. The third-order valence-corrected chi connectivity index (χ3v) is 3.47. The van der Waals surface area contributed by atoms with E-state index < -0.39 is 0 Å². The molecule has 2 unspecified atom stereocenters. The highest BCUT2D eigenvalue weighted by Gasteiger charge is 2.15. The maximum atomic E-state index is 11.0. The second-order valence-corrected chi connectivity index (χ2v) is 5.68. The SMILES string of the molecule is Cc1ccc(C(C)NC(C)CCN(C)C)cc1[N+](=O)[O-]. The van der Waals surface area contributed by atoms with E-state index in [-0.39, 0.29) is 16.7 Å². The van der Waals surface area contributed by atoms with Gasteiger partial charge in [0.2, 0.25) is 0 Å². The van der Waals surface area contributed by atoms with Crippen LogP contribution in [0.25, 0.3) is 0 Å². The van der Waals surface area contributed by atoms with E-state index in [1.165, 1.54) is 0 Å². The molecule has 1 aromatic carbocycles. The van der Waals surface area contributed by atoms with Crippen LogP contribution in [0.3, 0.4) is 0 Å². The van der Waals surface area contributed by atoms with Crippen molar-refractivity contribution in [2.75, 3.05) is 20.6 Å². The van der Waals surface area contributed by atoms with Crippen LogP contribution in [0.1, 0.15) is 37.4 Å². The van der Waals surface area contributed by atoms with Crippen LogP contribution in [0.4, 0.5) is 5.69 Å². The van der Waals surface area contributed by atoms with Gasteiger partial charge in [-0.3, -0.25) is 10.1 Å². The summed E-state index contributed by atoms with van der Waals surface area (Å²) >= 11 is 0. The lowest BCUT2D eigenvalue weighted by Crippen LogP contribution is -2.31. The van der Waals surface area contributed by atoms with Crippen molar-refractivity contribution in [3.8, 4) is 0 Å². The van der Waals surface area contributed by atoms with Crippen molar-refractivity contribution in [1.29, 1.82) is 0 Å². The van der Waals surface area contributed by atoms with Gasteiger partial charge in [0.25, 0.3) is 5.69 Å². The van der Waals surface area contributed by atoms with Crippen molar-refractivity contribution in [3.05, 3.63) is 39.4 Å². The Balaban J connectivity index is 2.70. The Morgan fingerprint density at radius 2 is 2.00 bits per heavy atom. The van der Waals surface area contributed by atoms with E-state index in [1.54, 1.807) is 13.0 Å². The van der Waals surface area contributed by atoms with Crippen molar-refractivity contribution in [2.24, 2.45) is 0 Å². The average molecular weight is 279 g/mol. The molecule has 0 saturated heterocycles. The Hall–Kier alpha value is -1.46. The monoisotopic (exact) mass is 279 g/mol. The molecule has 0 heterocycles. The molecule has 5 nitrogen and oxygen atoms in total. The van der Waals surface area contributed by atoms with Gasteiger partial charge in [-0.25, -0.2) is 0 Å². The summed E-state index contributed by atoms with van der Waals surface area (Å²) in [7, 11) is 4.11. The highest BCUT2D eigenvalue weighted by molar-refractivity contribution is 5.43. The second kappa shape index (κ2) is 7.36. The molecule has 0 amide bonds. The number of benzene rings is 1. The molecule has 20 heavy (non-hydrogen) atoms. The second-order valence-electron chi connectivity index (χ2n) is 5.68. The van der Waals surface area contributed by atoms with Gasteiger partial charge in [0.1, 0.15) is 0 Å². The summed E-state index contributed by atoms with van der Waals surface area (Å²) in [6.45, 7) is 6.97. The minimum atomic E-state index is -0.318. The summed E-state index contributed by atoms with van der Waals surface area (Å²) in [6, 6.07) is 5.92. The summed E-state index contributed by atoms with van der Waals surface area (Å²) in [6.07, 6.45) is 1.05. The molecule has 1 aromatic rings. The van der Waals surface area contributed by atoms with Crippen LogP contribution in [0.5, 0.6) is 0 Å². The standard InChI is InChI=1S/C15H25N3O2/c1-11-6-7-14(10-15(11)18(19)20)13(3)16-12(2)8-9-17(4)5/h6-7,10,12-13,16H,8-9H2,1-5H3. The van der Waals surface area contributed by atoms with E-state index in [4.69, 9.17) is 0 Å². The molecule has 5 heteroatoms. The molecule has 0 saturated carbocycles. The lowest BCUT2D eigenvalue weighted by molar-refractivity contribution is -0.385. The minimum Gasteiger partial charge on any atom is -0.309 e. The summed E-state index contributed by atoms with van der Waals surface area (Å²) in [4.78, 5) is 12.8. The zero-order valence-electron chi connectivity index (χ0n) is 13.0. The average Bonchev–Trinajstić information content (AvgIpc) is 2.36. The number of rotatable bonds is 7. The van der Waals surface area contributed by atoms with Gasteiger partial charge in [-0.05, 0) is 53.4 Å². The van der Waals surface area contributed by atoms with Crippen LogP contribution < -0.4 is 5.32 Å².